The fourth-order valence-corrected chi connectivity index (χ4v) is 6.09. The van der Waals surface area contributed by atoms with E-state index in [4.69, 9.17) is 10.5 Å². The number of aryl methyl sites for hydroxylation is 2. The second-order valence-corrected chi connectivity index (χ2v) is 11.4. The van der Waals surface area contributed by atoms with Crippen LogP contribution >= 0.6 is 0 Å². The van der Waals surface area contributed by atoms with Gasteiger partial charge in [-0.1, -0.05) is 30.3 Å². The van der Waals surface area contributed by atoms with E-state index in [0.29, 0.717) is 24.8 Å². The summed E-state index contributed by atoms with van der Waals surface area (Å²) in [7, 11) is 1.75. The lowest BCUT2D eigenvalue weighted by molar-refractivity contribution is -0.132. The largest absolute Gasteiger partial charge is 0.385 e. The van der Waals surface area contributed by atoms with Gasteiger partial charge in [-0.25, -0.2) is 4.79 Å². The van der Waals surface area contributed by atoms with Gasteiger partial charge in [0, 0.05) is 80.1 Å². The number of anilines is 1. The van der Waals surface area contributed by atoms with Gasteiger partial charge in [0.25, 0.3) is 0 Å². The molecule has 1 saturated carbocycles. The molecule has 0 bridgehead atoms. The SMILES string of the molecule is COCCCn1c(C2CCCN(C(=O)C[C@H](N)Cc3ccc(NC(=O)NC4CC4)cc3)C2)c(C)c2ccccc21. The van der Waals surface area contributed by atoms with Gasteiger partial charge in [-0.05, 0) is 74.8 Å². The van der Waals surface area contributed by atoms with E-state index >= 15 is 0 Å². The van der Waals surface area contributed by atoms with Gasteiger partial charge in [0.15, 0.2) is 0 Å². The molecule has 2 aromatic carbocycles. The van der Waals surface area contributed by atoms with E-state index in [1.165, 1.54) is 22.2 Å². The molecule has 3 aromatic rings. The fourth-order valence-electron chi connectivity index (χ4n) is 6.09. The van der Waals surface area contributed by atoms with Crippen molar-refractivity contribution in [2.45, 2.75) is 76.4 Å². The van der Waals surface area contributed by atoms with Crippen molar-refractivity contribution in [3.63, 3.8) is 0 Å². The summed E-state index contributed by atoms with van der Waals surface area (Å²) in [5.74, 6) is 0.438. The summed E-state index contributed by atoms with van der Waals surface area (Å²) in [4.78, 5) is 27.4. The molecule has 1 aliphatic carbocycles. The number of nitrogens with two attached hydrogens (primary N) is 1. The summed E-state index contributed by atoms with van der Waals surface area (Å²) in [5.41, 5.74) is 12.2. The Morgan fingerprint density at radius 1 is 1.10 bits per heavy atom. The Hall–Kier alpha value is -3.36. The van der Waals surface area contributed by atoms with Crippen molar-refractivity contribution in [2.75, 3.05) is 32.1 Å². The number of benzene rings is 2. The van der Waals surface area contributed by atoms with Crippen LogP contribution in [0.25, 0.3) is 10.9 Å². The number of urea groups is 1. The number of carbonyl (C=O) groups is 2. The highest BCUT2D eigenvalue weighted by atomic mass is 16.5. The van der Waals surface area contributed by atoms with Crippen molar-refractivity contribution in [3.05, 3.63) is 65.4 Å². The number of hydrogen-bond donors (Lipinski definition) is 3. The predicted octanol–water partition coefficient (Wildman–Crippen LogP) is 4.94. The Bertz CT molecular complexity index is 1310. The molecule has 5 rings (SSSR count). The monoisotopic (exact) mass is 545 g/mol. The summed E-state index contributed by atoms with van der Waals surface area (Å²) >= 11 is 0. The third-order valence-electron chi connectivity index (χ3n) is 8.22. The minimum Gasteiger partial charge on any atom is -0.385 e. The number of likely N-dealkylation sites (tertiary alicyclic amines) is 1. The van der Waals surface area contributed by atoms with Crippen molar-refractivity contribution in [1.29, 1.82) is 0 Å². The first-order valence-electron chi connectivity index (χ1n) is 14.7. The molecular weight excluding hydrogens is 502 g/mol. The van der Waals surface area contributed by atoms with Gasteiger partial charge >= 0.3 is 6.03 Å². The number of ether oxygens (including phenoxy) is 1. The lowest BCUT2D eigenvalue weighted by Gasteiger charge is -2.34. The minimum absolute atomic E-state index is 0.131. The summed E-state index contributed by atoms with van der Waals surface area (Å²) in [6, 6.07) is 16.2. The molecule has 1 saturated heterocycles. The molecule has 214 valence electrons. The Morgan fingerprint density at radius 3 is 2.62 bits per heavy atom. The van der Waals surface area contributed by atoms with Crippen molar-refractivity contribution in [3.8, 4) is 0 Å². The lowest BCUT2D eigenvalue weighted by atomic mass is 9.91. The predicted molar refractivity (Wildman–Crippen MR) is 160 cm³/mol. The van der Waals surface area contributed by atoms with Crippen LogP contribution in [0.1, 0.15) is 61.3 Å². The Morgan fingerprint density at radius 2 is 1.88 bits per heavy atom. The van der Waals surface area contributed by atoms with Gasteiger partial charge in [0.1, 0.15) is 0 Å². The second-order valence-electron chi connectivity index (χ2n) is 11.4. The smallest absolute Gasteiger partial charge is 0.319 e. The van der Waals surface area contributed by atoms with Crippen LogP contribution in [0.5, 0.6) is 0 Å². The summed E-state index contributed by atoms with van der Waals surface area (Å²) in [6.07, 6.45) is 6.08. The van der Waals surface area contributed by atoms with Gasteiger partial charge in [0.05, 0.1) is 0 Å². The molecule has 0 spiro atoms. The number of rotatable bonds is 11. The molecule has 8 nitrogen and oxygen atoms in total. The number of para-hydroxylation sites is 1. The first kappa shape index (κ1) is 28.2. The number of carbonyl (C=O) groups excluding carboxylic acids is 2. The zero-order valence-electron chi connectivity index (χ0n) is 23.8. The summed E-state index contributed by atoms with van der Waals surface area (Å²) in [5, 5.41) is 7.08. The van der Waals surface area contributed by atoms with Gasteiger partial charge in [0.2, 0.25) is 5.91 Å². The van der Waals surface area contributed by atoms with Crippen LogP contribution in [-0.2, 0) is 22.5 Å². The number of fused-ring (bicyclic) bond motifs is 1. The maximum absolute atomic E-state index is 13.4. The quantitative estimate of drug-likeness (QED) is 0.297. The van der Waals surface area contributed by atoms with E-state index in [-0.39, 0.29) is 18.0 Å². The van der Waals surface area contributed by atoms with Crippen LogP contribution < -0.4 is 16.4 Å². The Labute approximate surface area is 237 Å². The van der Waals surface area contributed by atoms with E-state index in [9.17, 15) is 9.59 Å². The van der Waals surface area contributed by atoms with Crippen molar-refractivity contribution >= 4 is 28.5 Å². The topological polar surface area (TPSA) is 102 Å². The zero-order chi connectivity index (χ0) is 28.1. The van der Waals surface area contributed by atoms with Crippen LogP contribution in [0, 0.1) is 6.92 Å². The number of nitrogens with one attached hydrogen (secondary N) is 2. The molecule has 1 aliphatic heterocycles. The van der Waals surface area contributed by atoms with E-state index in [1.807, 2.05) is 29.2 Å². The number of hydrogen-bond acceptors (Lipinski definition) is 4. The molecule has 2 heterocycles. The molecule has 4 N–H and O–H groups in total. The molecule has 2 aliphatic rings. The maximum Gasteiger partial charge on any atom is 0.319 e. The van der Waals surface area contributed by atoms with Crippen LogP contribution in [0.15, 0.2) is 48.5 Å². The first-order valence-corrected chi connectivity index (χ1v) is 14.7. The first-order chi connectivity index (χ1) is 19.4. The zero-order valence-corrected chi connectivity index (χ0v) is 23.8. The summed E-state index contributed by atoms with van der Waals surface area (Å²) in [6.45, 7) is 5.38. The van der Waals surface area contributed by atoms with Crippen LogP contribution in [0.2, 0.25) is 0 Å². The van der Waals surface area contributed by atoms with Crippen LogP contribution in [-0.4, -0.2) is 60.3 Å². The van der Waals surface area contributed by atoms with Crippen molar-refractivity contribution in [1.82, 2.24) is 14.8 Å². The van der Waals surface area contributed by atoms with E-state index in [2.05, 4.69) is 46.4 Å². The van der Waals surface area contributed by atoms with Gasteiger partial charge in [-0.3, -0.25) is 4.79 Å². The van der Waals surface area contributed by atoms with Gasteiger partial charge in [-0.2, -0.15) is 0 Å². The third-order valence-corrected chi connectivity index (χ3v) is 8.22. The highest BCUT2D eigenvalue weighted by molar-refractivity contribution is 5.89. The van der Waals surface area contributed by atoms with Gasteiger partial charge < -0.3 is 30.6 Å². The standard InChI is InChI=1S/C32H43N5O3/c1-22-28-8-3-4-9-29(28)37(17-6-18-40-2)31(22)24-7-5-16-36(21-24)30(38)20-25(33)19-23-10-12-26(13-11-23)34-32(39)35-27-14-15-27/h3-4,8-13,24-25,27H,5-7,14-21,33H2,1-2H3,(H2,34,35,39)/t24?,25-/m1/s1. The van der Waals surface area contributed by atoms with Crippen LogP contribution in [0.4, 0.5) is 10.5 Å². The van der Waals surface area contributed by atoms with E-state index in [1.54, 1.807) is 7.11 Å². The lowest BCUT2D eigenvalue weighted by Crippen LogP contribution is -2.42. The van der Waals surface area contributed by atoms with Gasteiger partial charge in [-0.15, -0.1) is 0 Å². The van der Waals surface area contributed by atoms with E-state index < -0.39 is 0 Å². The number of nitrogens with zero attached hydrogens (tertiary/aromatic N) is 2. The molecular formula is C32H43N5O3. The molecule has 2 atom stereocenters. The number of methoxy groups -OCH3 is 1. The minimum atomic E-state index is -0.257. The Kier molecular flexibility index (Phi) is 9.07. The molecule has 3 amide bonds. The Balaban J connectivity index is 1.19. The number of aromatic nitrogens is 1. The fraction of sp³-hybridized carbons (Fsp3) is 0.500. The number of piperidine rings is 1. The molecule has 40 heavy (non-hydrogen) atoms. The number of amides is 3. The van der Waals surface area contributed by atoms with Crippen LogP contribution in [0.3, 0.4) is 0 Å². The third kappa shape index (κ3) is 6.85. The molecule has 2 fully saturated rings. The molecule has 8 heteroatoms. The summed E-state index contributed by atoms with van der Waals surface area (Å²) < 4.78 is 7.79. The van der Waals surface area contributed by atoms with Crippen molar-refractivity contribution < 1.29 is 14.3 Å². The second kappa shape index (κ2) is 12.9. The van der Waals surface area contributed by atoms with Crippen molar-refractivity contribution in [2.24, 2.45) is 5.73 Å². The van der Waals surface area contributed by atoms with E-state index in [0.717, 1.165) is 69.6 Å². The average molecular weight is 546 g/mol. The highest BCUT2D eigenvalue weighted by Gasteiger charge is 2.30. The maximum atomic E-state index is 13.4. The molecule has 1 unspecified atom stereocenters. The molecule has 1 aromatic heterocycles. The average Bonchev–Trinajstić information content (AvgIpc) is 3.72. The highest BCUT2D eigenvalue weighted by Crippen LogP contribution is 2.36. The normalized spacial score (nSPS) is 18.1. The molecule has 0 radical (unpaired) electrons.